The second-order valence-corrected chi connectivity index (χ2v) is 5.50. The molecule has 0 saturated carbocycles. The fraction of sp³-hybridized carbons (Fsp3) is 0.100. The number of aromatic nitrogens is 2. The van der Waals surface area contributed by atoms with Gasteiger partial charge in [-0.15, -0.1) is 10.2 Å². The topological polar surface area (TPSA) is 81.9 Å². The van der Waals surface area contributed by atoms with Crippen molar-refractivity contribution in [3.63, 3.8) is 0 Å². The van der Waals surface area contributed by atoms with Gasteiger partial charge in [0.2, 0.25) is 0 Å². The number of anilines is 3. The summed E-state index contributed by atoms with van der Waals surface area (Å²) < 4.78 is 0. The van der Waals surface area contributed by atoms with Gasteiger partial charge in [-0.2, -0.15) is 5.26 Å². The average molecular weight is 343 g/mol. The number of carbonyl (C=O) groups is 1. The lowest BCUT2D eigenvalue weighted by Crippen LogP contribution is -2.31. The van der Waals surface area contributed by atoms with E-state index >= 15 is 0 Å². The molecule has 6 heteroatoms. The van der Waals surface area contributed by atoms with Crippen molar-refractivity contribution >= 4 is 23.1 Å². The lowest BCUT2D eigenvalue weighted by molar-refractivity contribution is 0.0982. The molecule has 0 aliphatic carbocycles. The summed E-state index contributed by atoms with van der Waals surface area (Å²) in [4.78, 5) is 14.3. The normalized spacial score (nSPS) is 10.0. The number of nitrogens with zero attached hydrogens (tertiary/aromatic N) is 4. The van der Waals surface area contributed by atoms with Crippen LogP contribution in [0.25, 0.3) is 0 Å². The number of hydrogen-bond acceptors (Lipinski definition) is 5. The third kappa shape index (κ3) is 3.84. The van der Waals surface area contributed by atoms with Crippen molar-refractivity contribution in [1.29, 1.82) is 5.26 Å². The van der Waals surface area contributed by atoms with Gasteiger partial charge in [0.25, 0.3) is 5.91 Å². The Morgan fingerprint density at radius 3 is 2.35 bits per heavy atom. The number of nitrogens with one attached hydrogen (secondary N) is 1. The van der Waals surface area contributed by atoms with E-state index in [1.807, 2.05) is 37.3 Å². The summed E-state index contributed by atoms with van der Waals surface area (Å²) in [6.45, 7) is 2.45. The van der Waals surface area contributed by atoms with Crippen LogP contribution in [0.2, 0.25) is 0 Å². The monoisotopic (exact) mass is 343 g/mol. The van der Waals surface area contributed by atoms with Crippen LogP contribution >= 0.6 is 0 Å². The summed E-state index contributed by atoms with van der Waals surface area (Å²) in [7, 11) is 0. The third-order valence-electron chi connectivity index (χ3n) is 3.80. The van der Waals surface area contributed by atoms with Crippen LogP contribution in [0, 0.1) is 11.3 Å². The molecule has 0 saturated heterocycles. The van der Waals surface area contributed by atoms with Crippen LogP contribution in [0.1, 0.15) is 23.0 Å². The summed E-state index contributed by atoms with van der Waals surface area (Å²) in [6.07, 6.45) is 0. The van der Waals surface area contributed by atoms with Crippen molar-refractivity contribution in [3.05, 3.63) is 78.0 Å². The lowest BCUT2D eigenvalue weighted by atomic mass is 10.2. The molecule has 1 amide bonds. The summed E-state index contributed by atoms with van der Waals surface area (Å²) >= 11 is 0. The van der Waals surface area contributed by atoms with E-state index in [0.29, 0.717) is 17.9 Å². The van der Waals surface area contributed by atoms with Gasteiger partial charge in [-0.3, -0.25) is 4.79 Å². The lowest BCUT2D eigenvalue weighted by Gasteiger charge is -2.20. The highest BCUT2D eigenvalue weighted by molar-refractivity contribution is 6.04. The molecule has 3 rings (SSSR count). The van der Waals surface area contributed by atoms with Gasteiger partial charge in [-0.05, 0) is 55.5 Å². The molecule has 1 heterocycles. The average Bonchev–Trinajstić information content (AvgIpc) is 2.70. The molecule has 26 heavy (non-hydrogen) atoms. The standard InChI is InChI=1S/C20H17N5O/c1-2-25(17-6-4-3-5-7-17)20(26)18-12-13-19(24-23-18)22-16-10-8-15(14-21)9-11-16/h3-13H,2H2,1H3,(H,22,24). The first-order chi connectivity index (χ1) is 12.7. The maximum atomic E-state index is 12.7. The van der Waals surface area contributed by atoms with Crippen LogP contribution in [-0.2, 0) is 0 Å². The van der Waals surface area contributed by atoms with Crippen molar-refractivity contribution in [2.45, 2.75) is 6.92 Å². The van der Waals surface area contributed by atoms with Gasteiger partial charge < -0.3 is 10.2 Å². The second-order valence-electron chi connectivity index (χ2n) is 5.50. The fourth-order valence-corrected chi connectivity index (χ4v) is 2.48. The number of para-hydroxylation sites is 1. The number of nitriles is 1. The van der Waals surface area contributed by atoms with Gasteiger partial charge in [-0.1, -0.05) is 18.2 Å². The molecule has 0 radical (unpaired) electrons. The minimum absolute atomic E-state index is 0.198. The minimum Gasteiger partial charge on any atom is -0.339 e. The van der Waals surface area contributed by atoms with Crippen LogP contribution in [0.3, 0.4) is 0 Å². The number of carbonyl (C=O) groups excluding carboxylic acids is 1. The zero-order valence-electron chi connectivity index (χ0n) is 14.3. The molecule has 1 aromatic heterocycles. The highest BCUT2D eigenvalue weighted by Gasteiger charge is 2.17. The Balaban J connectivity index is 1.74. The molecular weight excluding hydrogens is 326 g/mol. The maximum Gasteiger partial charge on any atom is 0.278 e. The Morgan fingerprint density at radius 2 is 1.77 bits per heavy atom. The fourth-order valence-electron chi connectivity index (χ4n) is 2.48. The molecule has 3 aromatic rings. The number of hydrogen-bond donors (Lipinski definition) is 1. The van der Waals surface area contributed by atoms with Crippen molar-refractivity contribution in [2.75, 3.05) is 16.8 Å². The van der Waals surface area contributed by atoms with Crippen LogP contribution in [-0.4, -0.2) is 22.6 Å². The van der Waals surface area contributed by atoms with Gasteiger partial charge >= 0.3 is 0 Å². The van der Waals surface area contributed by atoms with E-state index in [9.17, 15) is 4.79 Å². The van der Waals surface area contributed by atoms with E-state index in [1.165, 1.54) is 0 Å². The Hall–Kier alpha value is -3.72. The molecular formula is C20H17N5O. The van der Waals surface area contributed by atoms with Gasteiger partial charge in [-0.25, -0.2) is 0 Å². The molecule has 6 nitrogen and oxygen atoms in total. The number of benzene rings is 2. The van der Waals surface area contributed by atoms with Crippen LogP contribution < -0.4 is 10.2 Å². The Labute approximate surface area is 151 Å². The van der Waals surface area contributed by atoms with E-state index in [2.05, 4.69) is 21.6 Å². The SMILES string of the molecule is CCN(C(=O)c1ccc(Nc2ccc(C#N)cc2)nn1)c1ccccc1. The zero-order valence-corrected chi connectivity index (χ0v) is 14.3. The van der Waals surface area contributed by atoms with Crippen LogP contribution in [0.4, 0.5) is 17.2 Å². The molecule has 128 valence electrons. The first-order valence-electron chi connectivity index (χ1n) is 8.19. The van der Waals surface area contributed by atoms with E-state index in [0.717, 1.165) is 11.4 Å². The van der Waals surface area contributed by atoms with Crippen molar-refractivity contribution in [2.24, 2.45) is 0 Å². The first kappa shape index (κ1) is 17.1. The Morgan fingerprint density at radius 1 is 1.04 bits per heavy atom. The van der Waals surface area contributed by atoms with Crippen molar-refractivity contribution < 1.29 is 4.79 Å². The summed E-state index contributed by atoms with van der Waals surface area (Å²) in [6, 6.07) is 21.9. The van der Waals surface area contributed by atoms with Gasteiger partial charge in [0.15, 0.2) is 11.5 Å². The third-order valence-corrected chi connectivity index (χ3v) is 3.80. The quantitative estimate of drug-likeness (QED) is 0.763. The Kier molecular flexibility index (Phi) is 5.20. The minimum atomic E-state index is -0.198. The van der Waals surface area contributed by atoms with E-state index in [-0.39, 0.29) is 11.6 Å². The van der Waals surface area contributed by atoms with Crippen LogP contribution in [0.15, 0.2) is 66.7 Å². The molecule has 0 atom stereocenters. The molecule has 0 bridgehead atoms. The van der Waals surface area contributed by atoms with Crippen molar-refractivity contribution in [3.8, 4) is 6.07 Å². The summed E-state index contributed by atoms with van der Waals surface area (Å²) in [5.41, 5.74) is 2.47. The molecule has 0 aliphatic heterocycles. The van der Waals surface area contributed by atoms with E-state index in [1.54, 1.807) is 41.3 Å². The van der Waals surface area contributed by atoms with E-state index < -0.39 is 0 Å². The first-order valence-corrected chi connectivity index (χ1v) is 8.19. The molecule has 1 N–H and O–H groups in total. The predicted octanol–water partition coefficient (Wildman–Crippen LogP) is 3.76. The van der Waals surface area contributed by atoms with E-state index in [4.69, 9.17) is 5.26 Å². The Bertz CT molecular complexity index is 915. The van der Waals surface area contributed by atoms with Gasteiger partial charge in [0, 0.05) is 17.9 Å². The predicted molar refractivity (Wildman–Crippen MR) is 100 cm³/mol. The maximum absolute atomic E-state index is 12.7. The van der Waals surface area contributed by atoms with Crippen LogP contribution in [0.5, 0.6) is 0 Å². The number of amides is 1. The molecule has 2 aromatic carbocycles. The molecule has 0 aliphatic rings. The van der Waals surface area contributed by atoms with Gasteiger partial charge in [0.05, 0.1) is 11.6 Å². The second kappa shape index (κ2) is 7.90. The summed E-state index contributed by atoms with van der Waals surface area (Å²) in [5.74, 6) is 0.324. The van der Waals surface area contributed by atoms with Gasteiger partial charge in [0.1, 0.15) is 0 Å². The molecule has 0 unspecified atom stereocenters. The highest BCUT2D eigenvalue weighted by atomic mass is 16.2. The largest absolute Gasteiger partial charge is 0.339 e. The molecule has 0 fully saturated rings. The van der Waals surface area contributed by atoms with Crippen molar-refractivity contribution in [1.82, 2.24) is 10.2 Å². The zero-order chi connectivity index (χ0) is 18.4. The molecule has 0 spiro atoms. The summed E-state index contributed by atoms with van der Waals surface area (Å²) in [5, 5.41) is 20.0. The highest BCUT2D eigenvalue weighted by Crippen LogP contribution is 2.17. The smallest absolute Gasteiger partial charge is 0.278 e. The number of rotatable bonds is 5.